The Morgan fingerprint density at radius 2 is 1.00 bits per heavy atom. The van der Waals surface area contributed by atoms with Crippen LogP contribution < -0.4 is 11.5 Å². The van der Waals surface area contributed by atoms with Crippen LogP contribution in [0.2, 0.25) is 0 Å². The largest absolute Gasteiger partial charge is 0.316 e. The number of thioether (sulfide) groups is 1. The van der Waals surface area contributed by atoms with Crippen molar-refractivity contribution in [2.75, 3.05) is 0 Å². The third kappa shape index (κ3) is 3.33. The van der Waals surface area contributed by atoms with Gasteiger partial charge in [0.15, 0.2) is 0 Å². The molecule has 0 aliphatic carbocycles. The fourth-order valence-corrected chi connectivity index (χ4v) is 2.54. The van der Waals surface area contributed by atoms with Crippen LogP contribution in [0, 0.1) is 0 Å². The molecule has 0 aliphatic rings. The smallest absolute Gasteiger partial charge is 0.0783 e. The summed E-state index contributed by atoms with van der Waals surface area (Å²) in [6, 6.07) is 20.0. The van der Waals surface area contributed by atoms with E-state index in [1.165, 1.54) is 0 Å². The molecule has 0 radical (unpaired) electrons. The molecule has 0 aromatic heterocycles. The highest BCUT2D eigenvalue weighted by atomic mass is 32.2. The van der Waals surface area contributed by atoms with Gasteiger partial charge in [0.1, 0.15) is 0 Å². The van der Waals surface area contributed by atoms with Crippen molar-refractivity contribution in [1.29, 1.82) is 0 Å². The fraction of sp³-hybridized carbons (Fsp3) is 0.143. The van der Waals surface area contributed by atoms with Crippen molar-refractivity contribution in [1.82, 2.24) is 0 Å². The maximum Gasteiger partial charge on any atom is 0.0783 e. The Morgan fingerprint density at radius 3 is 1.35 bits per heavy atom. The summed E-state index contributed by atoms with van der Waals surface area (Å²) in [5.74, 6) is 0. The van der Waals surface area contributed by atoms with Crippen molar-refractivity contribution >= 4 is 11.8 Å². The molecule has 0 spiro atoms. The summed E-state index contributed by atoms with van der Waals surface area (Å²) in [6.07, 6.45) is 0. The summed E-state index contributed by atoms with van der Waals surface area (Å²) in [6.45, 7) is 0. The highest BCUT2D eigenvalue weighted by Crippen LogP contribution is 2.33. The third-order valence-electron chi connectivity index (χ3n) is 2.55. The molecule has 0 fully saturated rings. The van der Waals surface area contributed by atoms with Crippen LogP contribution in [0.25, 0.3) is 0 Å². The fourth-order valence-electron chi connectivity index (χ4n) is 1.60. The van der Waals surface area contributed by atoms with Crippen LogP contribution in [0.5, 0.6) is 0 Å². The van der Waals surface area contributed by atoms with Crippen LogP contribution in [0.3, 0.4) is 0 Å². The number of rotatable bonds is 4. The first kappa shape index (κ1) is 12.2. The molecule has 3 heteroatoms. The molecule has 0 saturated carbocycles. The molecule has 0 saturated heterocycles. The lowest BCUT2D eigenvalue weighted by atomic mass is 10.2. The zero-order valence-corrected chi connectivity index (χ0v) is 10.3. The monoisotopic (exact) mass is 244 g/mol. The lowest BCUT2D eigenvalue weighted by Crippen LogP contribution is -2.13. The van der Waals surface area contributed by atoms with Crippen LogP contribution in [-0.2, 0) is 0 Å². The molecule has 2 unspecified atom stereocenters. The minimum absolute atomic E-state index is 0.0913. The van der Waals surface area contributed by atoms with E-state index in [1.807, 2.05) is 60.7 Å². The van der Waals surface area contributed by atoms with Crippen LogP contribution in [0.4, 0.5) is 0 Å². The van der Waals surface area contributed by atoms with E-state index in [-0.39, 0.29) is 10.7 Å². The van der Waals surface area contributed by atoms with Gasteiger partial charge in [0.2, 0.25) is 0 Å². The zero-order valence-electron chi connectivity index (χ0n) is 9.49. The van der Waals surface area contributed by atoms with Crippen molar-refractivity contribution in [3.05, 3.63) is 71.8 Å². The van der Waals surface area contributed by atoms with Gasteiger partial charge in [-0.05, 0) is 11.1 Å². The Labute approximate surface area is 106 Å². The molecule has 2 aromatic rings. The van der Waals surface area contributed by atoms with Gasteiger partial charge in [-0.1, -0.05) is 60.7 Å². The van der Waals surface area contributed by atoms with Gasteiger partial charge < -0.3 is 11.5 Å². The minimum atomic E-state index is -0.0913. The van der Waals surface area contributed by atoms with E-state index in [0.29, 0.717) is 0 Å². The van der Waals surface area contributed by atoms with Gasteiger partial charge >= 0.3 is 0 Å². The Hall–Kier alpha value is -1.29. The van der Waals surface area contributed by atoms with Gasteiger partial charge in [-0.2, -0.15) is 0 Å². The summed E-state index contributed by atoms with van der Waals surface area (Å²) < 4.78 is 0. The second-order valence-electron chi connectivity index (χ2n) is 3.80. The van der Waals surface area contributed by atoms with Crippen LogP contribution >= 0.6 is 11.8 Å². The van der Waals surface area contributed by atoms with E-state index in [1.54, 1.807) is 11.8 Å². The molecule has 0 aliphatic heterocycles. The molecule has 2 rings (SSSR count). The Kier molecular flexibility index (Phi) is 4.20. The van der Waals surface area contributed by atoms with E-state index in [9.17, 15) is 0 Å². The van der Waals surface area contributed by atoms with Gasteiger partial charge in [0.25, 0.3) is 0 Å². The third-order valence-corrected chi connectivity index (χ3v) is 3.68. The molecule has 88 valence electrons. The lowest BCUT2D eigenvalue weighted by Gasteiger charge is -2.17. The number of hydrogen-bond acceptors (Lipinski definition) is 3. The molecular formula is C14H16N2S. The maximum absolute atomic E-state index is 6.12. The standard InChI is InChI=1S/C14H16N2S/c15-13(11-7-3-1-4-8-11)17-14(16)12-9-5-2-6-10-12/h1-10,13-14H,15-16H2. The van der Waals surface area contributed by atoms with Crippen LogP contribution in [0.15, 0.2) is 60.7 Å². The first-order valence-electron chi connectivity index (χ1n) is 5.54. The van der Waals surface area contributed by atoms with Gasteiger partial charge in [-0.3, -0.25) is 0 Å². The molecule has 0 bridgehead atoms. The lowest BCUT2D eigenvalue weighted by molar-refractivity contribution is 0.972. The van der Waals surface area contributed by atoms with Crippen molar-refractivity contribution < 1.29 is 0 Å². The second-order valence-corrected chi connectivity index (χ2v) is 5.09. The van der Waals surface area contributed by atoms with E-state index >= 15 is 0 Å². The van der Waals surface area contributed by atoms with Crippen molar-refractivity contribution in [2.24, 2.45) is 11.5 Å². The molecular weight excluding hydrogens is 228 g/mol. The summed E-state index contributed by atoms with van der Waals surface area (Å²) in [4.78, 5) is 0. The highest BCUT2D eigenvalue weighted by Gasteiger charge is 2.12. The zero-order chi connectivity index (χ0) is 12.1. The summed E-state index contributed by atoms with van der Waals surface area (Å²) in [7, 11) is 0. The predicted octanol–water partition coefficient (Wildman–Crippen LogP) is 3.03. The molecule has 4 N–H and O–H groups in total. The van der Waals surface area contributed by atoms with Crippen molar-refractivity contribution in [2.45, 2.75) is 10.7 Å². The molecule has 0 amide bonds. The van der Waals surface area contributed by atoms with Gasteiger partial charge in [-0.15, -0.1) is 11.8 Å². The van der Waals surface area contributed by atoms with Crippen molar-refractivity contribution in [3.8, 4) is 0 Å². The molecule has 2 nitrogen and oxygen atoms in total. The maximum atomic E-state index is 6.12. The van der Waals surface area contributed by atoms with Gasteiger partial charge in [-0.25, -0.2) is 0 Å². The quantitative estimate of drug-likeness (QED) is 0.813. The number of nitrogens with two attached hydrogens (primary N) is 2. The predicted molar refractivity (Wildman–Crippen MR) is 74.3 cm³/mol. The van der Waals surface area contributed by atoms with Crippen molar-refractivity contribution in [3.63, 3.8) is 0 Å². The normalized spacial score (nSPS) is 14.2. The average Bonchev–Trinajstić information content (AvgIpc) is 2.40. The number of benzene rings is 2. The van der Waals surface area contributed by atoms with Gasteiger partial charge in [0.05, 0.1) is 10.7 Å². The van der Waals surface area contributed by atoms with E-state index < -0.39 is 0 Å². The summed E-state index contributed by atoms with van der Waals surface area (Å²) >= 11 is 1.56. The first-order valence-corrected chi connectivity index (χ1v) is 6.48. The Morgan fingerprint density at radius 1 is 0.647 bits per heavy atom. The average molecular weight is 244 g/mol. The van der Waals surface area contributed by atoms with E-state index in [2.05, 4.69) is 0 Å². The van der Waals surface area contributed by atoms with Crippen LogP contribution in [0.1, 0.15) is 21.9 Å². The SMILES string of the molecule is NC(SC(N)c1ccccc1)c1ccccc1. The van der Waals surface area contributed by atoms with E-state index in [4.69, 9.17) is 11.5 Å². The number of hydrogen-bond donors (Lipinski definition) is 2. The molecule has 17 heavy (non-hydrogen) atoms. The molecule has 2 atom stereocenters. The van der Waals surface area contributed by atoms with Crippen LogP contribution in [-0.4, -0.2) is 0 Å². The molecule has 0 heterocycles. The second kappa shape index (κ2) is 5.87. The highest BCUT2D eigenvalue weighted by molar-refractivity contribution is 7.99. The first-order chi connectivity index (χ1) is 8.27. The summed E-state index contributed by atoms with van der Waals surface area (Å²) in [5, 5.41) is -0.183. The topological polar surface area (TPSA) is 52.0 Å². The summed E-state index contributed by atoms with van der Waals surface area (Å²) in [5.41, 5.74) is 14.4. The van der Waals surface area contributed by atoms with E-state index in [0.717, 1.165) is 11.1 Å². The molecule has 2 aromatic carbocycles. The van der Waals surface area contributed by atoms with Gasteiger partial charge in [0, 0.05) is 0 Å². The Bertz CT molecular complexity index is 401. The Balaban J connectivity index is 2.02. The minimum Gasteiger partial charge on any atom is -0.316 e.